The summed E-state index contributed by atoms with van der Waals surface area (Å²) in [4.78, 5) is 56.7. The van der Waals surface area contributed by atoms with Crippen LogP contribution in [0.4, 0.5) is 34.6 Å². The molecule has 58 heavy (non-hydrogen) atoms. The fraction of sp³-hybridized carbons (Fsp3) is 0.359. The fourth-order valence-electron chi connectivity index (χ4n) is 7.31. The van der Waals surface area contributed by atoms with Crippen LogP contribution in [-0.2, 0) is 25.4 Å². The standard InChI is InChI=1S/C39H36F4N8O6S/c1-38(2)36(55)50(24-5-3-22(20-44)28(18-24)39(41,42)43)37(58)51(38)25-6-9-30(29(40)19-25)56-16-15-48-11-13-49(14-12-48)21-33(53)45-23-4-7-26-31(17-23)57-47-34(26)27-8-10-32(52)46-35(27)54/h3-7,9,17-19,27H,8,10-16,21H2,1-2H3,(H,45,53)(H,46,52,54). The molecule has 3 saturated heterocycles. The highest BCUT2D eigenvalue weighted by Gasteiger charge is 2.51. The number of benzene rings is 3. The number of hydrogen-bond donors (Lipinski definition) is 2. The average Bonchev–Trinajstić information content (AvgIpc) is 3.66. The predicted molar refractivity (Wildman–Crippen MR) is 205 cm³/mol. The zero-order valence-corrected chi connectivity index (χ0v) is 32.0. The van der Waals surface area contributed by atoms with Gasteiger partial charge in [0.1, 0.15) is 17.8 Å². The Morgan fingerprint density at radius 2 is 1.78 bits per heavy atom. The fourth-order valence-corrected chi connectivity index (χ4v) is 7.83. The molecule has 0 aliphatic carbocycles. The number of anilines is 3. The van der Waals surface area contributed by atoms with Crippen LogP contribution >= 0.6 is 12.2 Å². The number of imide groups is 1. The number of nitriles is 1. The van der Waals surface area contributed by atoms with Crippen molar-refractivity contribution in [3.8, 4) is 11.8 Å². The van der Waals surface area contributed by atoms with Crippen LogP contribution in [0.25, 0.3) is 11.0 Å². The van der Waals surface area contributed by atoms with E-state index in [0.717, 1.165) is 17.0 Å². The van der Waals surface area contributed by atoms with E-state index in [1.807, 2.05) is 4.90 Å². The summed E-state index contributed by atoms with van der Waals surface area (Å²) in [5.41, 5.74) is -1.82. The Hall–Kier alpha value is -5.97. The number of hydrogen-bond acceptors (Lipinski definition) is 11. The number of fused-ring (bicyclic) bond motifs is 1. The molecule has 2 N–H and O–H groups in total. The van der Waals surface area contributed by atoms with E-state index in [1.54, 1.807) is 18.2 Å². The van der Waals surface area contributed by atoms with Gasteiger partial charge in [-0.05, 0) is 75.0 Å². The first-order chi connectivity index (χ1) is 27.5. The third-order valence-electron chi connectivity index (χ3n) is 10.4. The predicted octanol–water partition coefficient (Wildman–Crippen LogP) is 4.93. The zero-order chi connectivity index (χ0) is 41.5. The summed E-state index contributed by atoms with van der Waals surface area (Å²) in [5, 5.41) is 18.9. The normalized spacial score (nSPS) is 19.1. The lowest BCUT2D eigenvalue weighted by molar-refractivity contribution is -0.138. The van der Waals surface area contributed by atoms with Gasteiger partial charge < -0.3 is 19.5 Å². The first-order valence-electron chi connectivity index (χ1n) is 18.2. The molecular formula is C39H36F4N8O6S. The number of aromatic nitrogens is 1. The summed E-state index contributed by atoms with van der Waals surface area (Å²) in [7, 11) is 0. The van der Waals surface area contributed by atoms with Gasteiger partial charge in [0, 0.05) is 68.0 Å². The van der Waals surface area contributed by atoms with E-state index in [9.17, 15) is 37.6 Å². The van der Waals surface area contributed by atoms with Gasteiger partial charge in [-0.3, -0.25) is 39.2 Å². The maximum absolute atomic E-state index is 15.4. The second kappa shape index (κ2) is 15.8. The summed E-state index contributed by atoms with van der Waals surface area (Å²) in [6, 6.07) is 13.5. The van der Waals surface area contributed by atoms with Crippen molar-refractivity contribution < 1.29 is 46.0 Å². The van der Waals surface area contributed by atoms with Crippen molar-refractivity contribution in [3.05, 3.63) is 77.2 Å². The van der Waals surface area contributed by atoms with Gasteiger partial charge >= 0.3 is 6.18 Å². The number of rotatable bonds is 10. The molecule has 1 aromatic heterocycles. The Balaban J connectivity index is 0.888. The number of thiocarbonyl (C=S) groups is 1. The maximum Gasteiger partial charge on any atom is 0.417 e. The molecule has 19 heteroatoms. The molecule has 3 aromatic carbocycles. The summed E-state index contributed by atoms with van der Waals surface area (Å²) >= 11 is 5.55. The topological polar surface area (TPSA) is 164 Å². The minimum Gasteiger partial charge on any atom is -0.489 e. The van der Waals surface area contributed by atoms with E-state index in [1.165, 1.54) is 43.0 Å². The number of nitrogens with one attached hydrogen (secondary N) is 2. The molecule has 4 aromatic rings. The van der Waals surface area contributed by atoms with Crippen LogP contribution in [0.1, 0.15) is 49.4 Å². The molecule has 3 aliphatic heterocycles. The third kappa shape index (κ3) is 7.95. The molecule has 0 saturated carbocycles. The number of carbonyl (C=O) groups excluding carboxylic acids is 4. The largest absolute Gasteiger partial charge is 0.489 e. The van der Waals surface area contributed by atoms with Gasteiger partial charge in [-0.25, -0.2) is 4.39 Å². The van der Waals surface area contributed by atoms with Crippen LogP contribution in [0.15, 0.2) is 59.1 Å². The van der Waals surface area contributed by atoms with E-state index >= 15 is 4.39 Å². The van der Waals surface area contributed by atoms with Crippen molar-refractivity contribution in [1.29, 1.82) is 5.26 Å². The van der Waals surface area contributed by atoms with Crippen LogP contribution in [0.5, 0.6) is 5.75 Å². The highest BCUT2D eigenvalue weighted by atomic mass is 32.1. The molecule has 1 atom stereocenters. The van der Waals surface area contributed by atoms with Gasteiger partial charge in [0.05, 0.1) is 35.3 Å². The molecule has 7 rings (SSSR count). The SMILES string of the molecule is CC1(C)C(=O)N(c2ccc(C#N)c(C(F)(F)F)c2)C(=S)N1c1ccc(OCCN2CCN(CC(=O)Nc3ccc4c(C5CCC(=O)NC5=O)noc4c3)CC2)c(F)c1. The molecule has 14 nitrogen and oxygen atoms in total. The number of amides is 4. The van der Waals surface area contributed by atoms with Crippen LogP contribution in [0.2, 0.25) is 0 Å². The number of piperazine rings is 1. The average molecular weight is 821 g/mol. The highest BCUT2D eigenvalue weighted by Crippen LogP contribution is 2.40. The van der Waals surface area contributed by atoms with Crippen molar-refractivity contribution in [1.82, 2.24) is 20.3 Å². The first kappa shape index (κ1) is 40.2. The lowest BCUT2D eigenvalue weighted by Crippen LogP contribution is -2.49. The number of nitrogens with zero attached hydrogens (tertiary/aromatic N) is 6. The first-order valence-corrected chi connectivity index (χ1v) is 18.7. The summed E-state index contributed by atoms with van der Waals surface area (Å²) in [5.74, 6) is -2.95. The molecule has 1 unspecified atom stereocenters. The lowest BCUT2D eigenvalue weighted by Gasteiger charge is -2.34. The van der Waals surface area contributed by atoms with Crippen molar-refractivity contribution >= 4 is 69.0 Å². The van der Waals surface area contributed by atoms with E-state index in [2.05, 4.69) is 20.7 Å². The molecule has 3 fully saturated rings. The summed E-state index contributed by atoms with van der Waals surface area (Å²) in [6.07, 6.45) is -4.29. The minimum atomic E-state index is -4.85. The molecule has 4 heterocycles. The Morgan fingerprint density at radius 1 is 1.05 bits per heavy atom. The smallest absolute Gasteiger partial charge is 0.417 e. The second-order valence-electron chi connectivity index (χ2n) is 14.6. The van der Waals surface area contributed by atoms with Crippen LogP contribution < -0.4 is 25.2 Å². The van der Waals surface area contributed by atoms with Gasteiger partial charge in [0.2, 0.25) is 17.7 Å². The van der Waals surface area contributed by atoms with E-state index < -0.39 is 46.4 Å². The van der Waals surface area contributed by atoms with Gasteiger partial charge in [-0.1, -0.05) is 5.16 Å². The molecule has 3 aliphatic rings. The molecular weight excluding hydrogens is 785 g/mol. The Bertz CT molecular complexity index is 2370. The van der Waals surface area contributed by atoms with Crippen molar-refractivity contribution in [3.63, 3.8) is 0 Å². The lowest BCUT2D eigenvalue weighted by atomic mass is 9.93. The van der Waals surface area contributed by atoms with Crippen molar-refractivity contribution in [2.24, 2.45) is 0 Å². The number of alkyl halides is 3. The second-order valence-corrected chi connectivity index (χ2v) is 14.9. The Labute approximate surface area is 334 Å². The van der Waals surface area contributed by atoms with E-state index in [4.69, 9.17) is 21.5 Å². The van der Waals surface area contributed by atoms with Crippen molar-refractivity contribution in [2.75, 3.05) is 61.0 Å². The van der Waals surface area contributed by atoms with Crippen LogP contribution in [-0.4, -0.2) is 95.1 Å². The number of piperidine rings is 1. The van der Waals surface area contributed by atoms with Gasteiger partial charge in [-0.15, -0.1) is 0 Å². The van der Waals surface area contributed by atoms with E-state index in [0.29, 0.717) is 67.6 Å². The Morgan fingerprint density at radius 3 is 2.47 bits per heavy atom. The number of carbonyl (C=O) groups is 4. The van der Waals surface area contributed by atoms with Crippen LogP contribution in [0.3, 0.4) is 0 Å². The molecule has 4 amide bonds. The number of halogens is 4. The molecule has 0 spiro atoms. The molecule has 302 valence electrons. The quantitative estimate of drug-likeness (QED) is 0.126. The minimum absolute atomic E-state index is 0.0391. The van der Waals surface area contributed by atoms with E-state index in [-0.39, 0.29) is 53.6 Å². The summed E-state index contributed by atoms with van der Waals surface area (Å²) in [6.45, 7) is 6.33. The molecule has 0 radical (unpaired) electrons. The number of ether oxygens (including phenoxy) is 1. The summed E-state index contributed by atoms with van der Waals surface area (Å²) < 4.78 is 67.6. The van der Waals surface area contributed by atoms with Crippen molar-refractivity contribution in [2.45, 2.75) is 44.3 Å². The maximum atomic E-state index is 15.4. The van der Waals surface area contributed by atoms with Gasteiger partial charge in [0.25, 0.3) is 5.91 Å². The molecule has 0 bridgehead atoms. The van der Waals surface area contributed by atoms with Gasteiger partial charge in [-0.2, -0.15) is 18.4 Å². The monoisotopic (exact) mass is 820 g/mol. The van der Waals surface area contributed by atoms with Crippen LogP contribution in [0, 0.1) is 17.1 Å². The highest BCUT2D eigenvalue weighted by molar-refractivity contribution is 7.81. The third-order valence-corrected chi connectivity index (χ3v) is 10.7. The zero-order valence-electron chi connectivity index (χ0n) is 31.2. The van der Waals surface area contributed by atoms with Gasteiger partial charge in [0.15, 0.2) is 22.3 Å². The Kier molecular flexibility index (Phi) is 10.9.